The van der Waals surface area contributed by atoms with Gasteiger partial charge in [-0.3, -0.25) is 4.99 Å². The Labute approximate surface area is 128 Å². The zero-order valence-electron chi connectivity index (χ0n) is 12.4. The molecular formula is C18H17N3O. The van der Waals surface area contributed by atoms with E-state index in [1.807, 2.05) is 6.07 Å². The number of anilines is 1. The van der Waals surface area contributed by atoms with Gasteiger partial charge in [-0.1, -0.05) is 0 Å². The van der Waals surface area contributed by atoms with E-state index in [1.165, 1.54) is 23.2 Å². The number of benzene rings is 2. The SMILES string of the molecule is c1c2c(cc3c1N=c1cc4c(cc1O3)=NCCC4)NCCC2. The third-order valence-electron chi connectivity index (χ3n) is 4.63. The smallest absolute Gasteiger partial charge is 0.155 e. The minimum atomic E-state index is 0.827. The molecular weight excluding hydrogens is 274 g/mol. The minimum Gasteiger partial charge on any atom is -0.453 e. The van der Waals surface area contributed by atoms with Crippen LogP contribution in [0.5, 0.6) is 11.5 Å². The predicted molar refractivity (Wildman–Crippen MR) is 84.9 cm³/mol. The number of nitrogens with one attached hydrogen (secondary N) is 1. The summed E-state index contributed by atoms with van der Waals surface area (Å²) in [4.78, 5) is 9.42. The fraction of sp³-hybridized carbons (Fsp3) is 0.333. The van der Waals surface area contributed by atoms with Crippen LogP contribution < -0.4 is 20.8 Å². The molecule has 2 aromatic rings. The summed E-state index contributed by atoms with van der Waals surface area (Å²) in [5, 5.41) is 5.45. The van der Waals surface area contributed by atoms with E-state index in [0.717, 1.165) is 60.3 Å². The van der Waals surface area contributed by atoms with Crippen LogP contribution in [0.2, 0.25) is 0 Å². The number of ether oxygens (including phenoxy) is 1. The lowest BCUT2D eigenvalue weighted by atomic mass is 10.0. The van der Waals surface area contributed by atoms with E-state index in [9.17, 15) is 0 Å². The summed E-state index contributed by atoms with van der Waals surface area (Å²) < 4.78 is 6.12. The summed E-state index contributed by atoms with van der Waals surface area (Å²) in [5.74, 6) is 1.67. The lowest BCUT2D eigenvalue weighted by Crippen LogP contribution is -2.22. The van der Waals surface area contributed by atoms with Gasteiger partial charge in [0.05, 0.1) is 5.36 Å². The van der Waals surface area contributed by atoms with Gasteiger partial charge in [-0.2, -0.15) is 0 Å². The highest BCUT2D eigenvalue weighted by molar-refractivity contribution is 5.68. The highest BCUT2D eigenvalue weighted by atomic mass is 16.5. The van der Waals surface area contributed by atoms with E-state index in [2.05, 4.69) is 28.5 Å². The van der Waals surface area contributed by atoms with Gasteiger partial charge in [0, 0.05) is 30.9 Å². The van der Waals surface area contributed by atoms with Crippen LogP contribution in [0.15, 0.2) is 34.3 Å². The van der Waals surface area contributed by atoms with E-state index in [0.29, 0.717) is 0 Å². The summed E-state index contributed by atoms with van der Waals surface area (Å²) >= 11 is 0. The first-order valence-electron chi connectivity index (χ1n) is 8.02. The Morgan fingerprint density at radius 2 is 1.86 bits per heavy atom. The van der Waals surface area contributed by atoms with Crippen molar-refractivity contribution in [3.63, 3.8) is 0 Å². The Morgan fingerprint density at radius 3 is 2.86 bits per heavy atom. The molecule has 0 amide bonds. The van der Waals surface area contributed by atoms with Crippen LogP contribution in [0, 0.1) is 0 Å². The summed E-state index contributed by atoms with van der Waals surface area (Å²) in [6.07, 6.45) is 4.50. The molecule has 0 radical (unpaired) electrons. The van der Waals surface area contributed by atoms with Crippen LogP contribution in [0.25, 0.3) is 0 Å². The first-order chi connectivity index (χ1) is 10.9. The lowest BCUT2D eigenvalue weighted by molar-refractivity contribution is 0.468. The van der Waals surface area contributed by atoms with Gasteiger partial charge < -0.3 is 10.1 Å². The average molecular weight is 291 g/mol. The molecule has 0 fully saturated rings. The maximum atomic E-state index is 6.12. The van der Waals surface area contributed by atoms with Gasteiger partial charge in [-0.25, -0.2) is 4.99 Å². The van der Waals surface area contributed by atoms with Gasteiger partial charge in [-0.05, 0) is 48.9 Å². The maximum Gasteiger partial charge on any atom is 0.155 e. The Hall–Kier alpha value is -2.36. The molecule has 4 heteroatoms. The molecule has 22 heavy (non-hydrogen) atoms. The molecule has 2 aromatic carbocycles. The van der Waals surface area contributed by atoms with Gasteiger partial charge in [0.2, 0.25) is 0 Å². The highest BCUT2D eigenvalue weighted by Gasteiger charge is 2.19. The number of rotatable bonds is 0. The predicted octanol–water partition coefficient (Wildman–Crippen LogP) is 2.67. The van der Waals surface area contributed by atoms with Gasteiger partial charge in [0.15, 0.2) is 11.5 Å². The Balaban J connectivity index is 1.71. The summed E-state index contributed by atoms with van der Waals surface area (Å²) in [6.45, 7) is 1.95. The molecule has 0 bridgehead atoms. The summed E-state index contributed by atoms with van der Waals surface area (Å²) in [5.41, 5.74) is 4.77. The van der Waals surface area contributed by atoms with Crippen LogP contribution in [0.3, 0.4) is 0 Å². The zero-order valence-corrected chi connectivity index (χ0v) is 12.4. The fourth-order valence-electron chi connectivity index (χ4n) is 3.49. The molecule has 0 atom stereocenters. The second-order valence-electron chi connectivity index (χ2n) is 6.16. The molecule has 3 heterocycles. The number of hydrogen-bond acceptors (Lipinski definition) is 4. The largest absolute Gasteiger partial charge is 0.453 e. The normalized spacial score (nSPS) is 17.5. The van der Waals surface area contributed by atoms with Crippen molar-refractivity contribution >= 4 is 11.4 Å². The van der Waals surface area contributed by atoms with Gasteiger partial charge in [-0.15, -0.1) is 0 Å². The quantitative estimate of drug-likeness (QED) is 0.692. The van der Waals surface area contributed by atoms with Crippen LogP contribution in [-0.2, 0) is 12.8 Å². The second-order valence-corrected chi connectivity index (χ2v) is 6.16. The molecule has 0 spiro atoms. The average Bonchev–Trinajstić information content (AvgIpc) is 2.56. The summed E-state index contributed by atoms with van der Waals surface area (Å²) in [6, 6.07) is 8.45. The maximum absolute atomic E-state index is 6.12. The molecule has 0 unspecified atom stereocenters. The van der Waals surface area contributed by atoms with Crippen LogP contribution >= 0.6 is 0 Å². The molecule has 0 saturated carbocycles. The molecule has 110 valence electrons. The topological polar surface area (TPSA) is 46.0 Å². The van der Waals surface area contributed by atoms with Crippen molar-refractivity contribution in [1.82, 2.24) is 0 Å². The number of aryl methyl sites for hydroxylation is 2. The molecule has 0 aliphatic carbocycles. The Kier molecular flexibility index (Phi) is 2.53. The van der Waals surface area contributed by atoms with E-state index in [4.69, 9.17) is 9.73 Å². The molecule has 0 aromatic heterocycles. The van der Waals surface area contributed by atoms with E-state index in [1.54, 1.807) is 0 Å². The highest BCUT2D eigenvalue weighted by Crippen LogP contribution is 2.39. The van der Waals surface area contributed by atoms with Crippen molar-refractivity contribution in [2.24, 2.45) is 9.98 Å². The summed E-state index contributed by atoms with van der Waals surface area (Å²) in [7, 11) is 0. The van der Waals surface area contributed by atoms with Crippen molar-refractivity contribution in [3.05, 3.63) is 46.1 Å². The molecule has 0 saturated heterocycles. The van der Waals surface area contributed by atoms with Gasteiger partial charge in [0.25, 0.3) is 0 Å². The first kappa shape index (κ1) is 12.2. The monoisotopic (exact) mass is 291 g/mol. The van der Waals surface area contributed by atoms with Crippen molar-refractivity contribution in [1.29, 1.82) is 0 Å². The van der Waals surface area contributed by atoms with E-state index >= 15 is 0 Å². The van der Waals surface area contributed by atoms with Gasteiger partial charge in [0.1, 0.15) is 11.0 Å². The van der Waals surface area contributed by atoms with Crippen molar-refractivity contribution in [3.8, 4) is 11.5 Å². The molecule has 5 rings (SSSR count). The molecule has 4 nitrogen and oxygen atoms in total. The van der Waals surface area contributed by atoms with Crippen molar-refractivity contribution < 1.29 is 4.74 Å². The first-order valence-corrected chi connectivity index (χ1v) is 8.02. The van der Waals surface area contributed by atoms with Crippen molar-refractivity contribution in [2.75, 3.05) is 18.4 Å². The number of nitrogens with zero attached hydrogens (tertiary/aromatic N) is 2. The lowest BCUT2D eigenvalue weighted by Gasteiger charge is -2.22. The zero-order chi connectivity index (χ0) is 14.5. The Bertz CT molecular complexity index is 902. The minimum absolute atomic E-state index is 0.827. The van der Waals surface area contributed by atoms with E-state index < -0.39 is 0 Å². The third-order valence-corrected chi connectivity index (χ3v) is 4.63. The molecule has 3 aliphatic heterocycles. The van der Waals surface area contributed by atoms with Gasteiger partial charge >= 0.3 is 0 Å². The second kappa shape index (κ2) is 4.57. The third kappa shape index (κ3) is 1.83. The van der Waals surface area contributed by atoms with Crippen LogP contribution in [0.1, 0.15) is 24.0 Å². The standard InChI is InChI=1S/C18H17N3O/c1-3-11-7-15-17(9-13(11)19-5-1)22-18-10-14-12(4-2-6-20-14)8-16(18)21-15/h7-10,19H,1-6H2. The van der Waals surface area contributed by atoms with Crippen LogP contribution in [0.4, 0.5) is 11.4 Å². The Morgan fingerprint density at radius 1 is 0.909 bits per heavy atom. The number of hydrogen-bond donors (Lipinski definition) is 1. The molecule has 3 aliphatic rings. The van der Waals surface area contributed by atoms with E-state index in [-0.39, 0.29) is 0 Å². The van der Waals surface area contributed by atoms with Crippen molar-refractivity contribution in [2.45, 2.75) is 25.7 Å². The van der Waals surface area contributed by atoms with Crippen LogP contribution in [-0.4, -0.2) is 13.1 Å². The molecule has 1 N–H and O–H groups in total. The fourth-order valence-corrected chi connectivity index (χ4v) is 3.49. The number of fused-ring (bicyclic) bond motifs is 4.